The number of rotatable bonds is 4. The Hall–Kier alpha value is -0.610. The average molecular weight is 161 g/mol. The summed E-state index contributed by atoms with van der Waals surface area (Å²) in [5.41, 5.74) is 5.45. The second-order valence-electron chi connectivity index (χ2n) is 2.42. The van der Waals surface area contributed by atoms with Gasteiger partial charge < -0.3 is 15.6 Å². The van der Waals surface area contributed by atoms with Crippen molar-refractivity contribution in [2.45, 2.75) is 31.9 Å². The van der Waals surface area contributed by atoms with E-state index in [1.807, 2.05) is 6.92 Å². The number of esters is 1. The Morgan fingerprint density at radius 2 is 2.27 bits per heavy atom. The number of carbonyl (C=O) groups excluding carboxylic acids is 1. The highest BCUT2D eigenvalue weighted by Crippen LogP contribution is 2.00. The van der Waals surface area contributed by atoms with Gasteiger partial charge in [-0.2, -0.15) is 0 Å². The molecule has 0 aromatic carbocycles. The minimum absolute atomic E-state index is 0.507. The number of aliphatic hydroxyl groups excluding tert-OH is 1. The van der Waals surface area contributed by atoms with Gasteiger partial charge in [0.2, 0.25) is 0 Å². The third-order valence-corrected chi connectivity index (χ3v) is 1.47. The van der Waals surface area contributed by atoms with E-state index in [0.29, 0.717) is 6.42 Å². The van der Waals surface area contributed by atoms with Gasteiger partial charge in [0.1, 0.15) is 0 Å². The van der Waals surface area contributed by atoms with Gasteiger partial charge in [0.05, 0.1) is 7.11 Å². The van der Waals surface area contributed by atoms with Crippen molar-refractivity contribution in [2.24, 2.45) is 5.73 Å². The molecule has 0 aromatic rings. The van der Waals surface area contributed by atoms with Gasteiger partial charge in [0.25, 0.3) is 0 Å². The second kappa shape index (κ2) is 5.09. The summed E-state index contributed by atoms with van der Waals surface area (Å²) in [4.78, 5) is 10.7. The second-order valence-corrected chi connectivity index (χ2v) is 2.42. The van der Waals surface area contributed by atoms with E-state index in [9.17, 15) is 4.79 Å². The number of carbonyl (C=O) groups is 1. The molecule has 0 aromatic heterocycles. The maximum absolute atomic E-state index is 10.7. The molecule has 0 heterocycles. The smallest absolute Gasteiger partial charge is 0.336 e. The van der Waals surface area contributed by atoms with Crippen molar-refractivity contribution >= 4 is 5.97 Å². The van der Waals surface area contributed by atoms with E-state index in [0.717, 1.165) is 6.42 Å². The monoisotopic (exact) mass is 161 g/mol. The summed E-state index contributed by atoms with van der Waals surface area (Å²) < 4.78 is 4.31. The molecule has 0 spiro atoms. The average Bonchev–Trinajstić information content (AvgIpc) is 2.02. The first kappa shape index (κ1) is 10.4. The standard InChI is InChI=1S/C7H15NO3/c1-3-4-5(8)6(9)7(10)11-2/h5-6,9H,3-4,8H2,1-2H3. The van der Waals surface area contributed by atoms with E-state index >= 15 is 0 Å². The predicted octanol–water partition coefficient (Wildman–Crippen LogP) is -0.352. The van der Waals surface area contributed by atoms with E-state index in [-0.39, 0.29) is 0 Å². The summed E-state index contributed by atoms with van der Waals surface area (Å²) in [6.07, 6.45) is 0.283. The number of hydrogen-bond acceptors (Lipinski definition) is 4. The van der Waals surface area contributed by atoms with Gasteiger partial charge in [-0.1, -0.05) is 13.3 Å². The van der Waals surface area contributed by atoms with Crippen LogP contribution in [-0.2, 0) is 9.53 Å². The molecule has 2 atom stereocenters. The molecule has 0 amide bonds. The quantitative estimate of drug-likeness (QED) is 0.553. The van der Waals surface area contributed by atoms with Crippen LogP contribution in [0, 0.1) is 0 Å². The molecule has 0 bridgehead atoms. The number of hydrogen-bond donors (Lipinski definition) is 2. The lowest BCUT2D eigenvalue weighted by molar-refractivity contribution is -0.151. The van der Waals surface area contributed by atoms with Gasteiger partial charge in [-0.15, -0.1) is 0 Å². The van der Waals surface area contributed by atoms with Crippen LogP contribution in [-0.4, -0.2) is 30.3 Å². The van der Waals surface area contributed by atoms with Crippen LogP contribution >= 0.6 is 0 Å². The van der Waals surface area contributed by atoms with Crippen molar-refractivity contribution in [3.05, 3.63) is 0 Å². The molecule has 0 fully saturated rings. The maximum atomic E-state index is 10.7. The summed E-state index contributed by atoms with van der Waals surface area (Å²) in [6, 6.07) is -0.507. The lowest BCUT2D eigenvalue weighted by Crippen LogP contribution is -2.40. The highest BCUT2D eigenvalue weighted by Gasteiger charge is 2.22. The molecule has 0 saturated carbocycles. The zero-order chi connectivity index (χ0) is 8.85. The Labute approximate surface area is 66.3 Å². The molecular weight excluding hydrogens is 146 g/mol. The maximum Gasteiger partial charge on any atom is 0.336 e. The van der Waals surface area contributed by atoms with E-state index in [4.69, 9.17) is 10.8 Å². The number of aliphatic hydroxyl groups is 1. The molecule has 0 aliphatic rings. The molecule has 4 heteroatoms. The van der Waals surface area contributed by atoms with Gasteiger partial charge in [0.15, 0.2) is 6.10 Å². The molecule has 0 aliphatic carbocycles. The summed E-state index contributed by atoms with van der Waals surface area (Å²) in [7, 11) is 1.23. The van der Waals surface area contributed by atoms with Crippen LogP contribution in [0.4, 0.5) is 0 Å². The molecule has 66 valence electrons. The largest absolute Gasteiger partial charge is 0.467 e. The van der Waals surface area contributed by atoms with Gasteiger partial charge in [0, 0.05) is 6.04 Å². The minimum Gasteiger partial charge on any atom is -0.467 e. The van der Waals surface area contributed by atoms with Crippen LogP contribution in [0.3, 0.4) is 0 Å². The lowest BCUT2D eigenvalue weighted by atomic mass is 10.1. The summed E-state index contributed by atoms with van der Waals surface area (Å²) in [6.45, 7) is 1.93. The Morgan fingerprint density at radius 1 is 1.73 bits per heavy atom. The Bertz CT molecular complexity index is 127. The van der Waals surface area contributed by atoms with Crippen LogP contribution in [0.15, 0.2) is 0 Å². The minimum atomic E-state index is -1.18. The van der Waals surface area contributed by atoms with Crippen molar-refractivity contribution in [2.75, 3.05) is 7.11 Å². The predicted molar refractivity (Wildman–Crippen MR) is 40.9 cm³/mol. The van der Waals surface area contributed by atoms with Crippen LogP contribution in [0.25, 0.3) is 0 Å². The van der Waals surface area contributed by atoms with E-state index in [2.05, 4.69) is 4.74 Å². The van der Waals surface area contributed by atoms with Gasteiger partial charge in [-0.25, -0.2) is 4.79 Å². The highest BCUT2D eigenvalue weighted by molar-refractivity contribution is 5.75. The fourth-order valence-corrected chi connectivity index (χ4v) is 0.787. The zero-order valence-corrected chi connectivity index (χ0v) is 6.91. The normalized spacial score (nSPS) is 15.6. The first-order valence-corrected chi connectivity index (χ1v) is 3.65. The molecular formula is C7H15NO3. The zero-order valence-electron chi connectivity index (χ0n) is 6.91. The van der Waals surface area contributed by atoms with Crippen LogP contribution in [0.2, 0.25) is 0 Å². The Balaban J connectivity index is 3.80. The molecule has 0 radical (unpaired) electrons. The molecule has 3 N–H and O–H groups in total. The highest BCUT2D eigenvalue weighted by atomic mass is 16.5. The molecule has 0 aliphatic heterocycles. The SMILES string of the molecule is CCCC(N)C(O)C(=O)OC. The summed E-state index contributed by atoms with van der Waals surface area (Å²) >= 11 is 0. The van der Waals surface area contributed by atoms with Crippen molar-refractivity contribution < 1.29 is 14.6 Å². The topological polar surface area (TPSA) is 72.5 Å². The summed E-state index contributed by atoms with van der Waals surface area (Å²) in [5.74, 6) is -0.661. The Morgan fingerprint density at radius 3 is 2.64 bits per heavy atom. The van der Waals surface area contributed by atoms with E-state index in [1.54, 1.807) is 0 Å². The lowest BCUT2D eigenvalue weighted by Gasteiger charge is -2.14. The van der Waals surface area contributed by atoms with Gasteiger partial charge in [-0.05, 0) is 6.42 Å². The molecule has 2 unspecified atom stereocenters. The first-order valence-electron chi connectivity index (χ1n) is 3.65. The Kier molecular flexibility index (Phi) is 4.81. The van der Waals surface area contributed by atoms with Crippen LogP contribution < -0.4 is 5.73 Å². The molecule has 0 rings (SSSR count). The van der Waals surface area contributed by atoms with Crippen molar-refractivity contribution in [1.29, 1.82) is 0 Å². The fourth-order valence-electron chi connectivity index (χ4n) is 0.787. The van der Waals surface area contributed by atoms with E-state index < -0.39 is 18.1 Å². The number of methoxy groups -OCH3 is 1. The van der Waals surface area contributed by atoms with Crippen LogP contribution in [0.5, 0.6) is 0 Å². The van der Waals surface area contributed by atoms with Crippen LogP contribution in [0.1, 0.15) is 19.8 Å². The number of nitrogens with two attached hydrogens (primary N) is 1. The van der Waals surface area contributed by atoms with Crippen molar-refractivity contribution in [1.82, 2.24) is 0 Å². The third-order valence-electron chi connectivity index (χ3n) is 1.47. The molecule has 0 saturated heterocycles. The summed E-state index contributed by atoms with van der Waals surface area (Å²) in [5, 5.41) is 9.12. The van der Waals surface area contributed by atoms with Crippen molar-refractivity contribution in [3.8, 4) is 0 Å². The molecule has 4 nitrogen and oxygen atoms in total. The number of ether oxygens (including phenoxy) is 1. The fraction of sp³-hybridized carbons (Fsp3) is 0.857. The third kappa shape index (κ3) is 3.34. The van der Waals surface area contributed by atoms with Crippen molar-refractivity contribution in [3.63, 3.8) is 0 Å². The molecule has 11 heavy (non-hydrogen) atoms. The van der Waals surface area contributed by atoms with Gasteiger partial charge in [-0.3, -0.25) is 0 Å². The van der Waals surface area contributed by atoms with Gasteiger partial charge >= 0.3 is 5.97 Å². The van der Waals surface area contributed by atoms with E-state index in [1.165, 1.54) is 7.11 Å². The first-order chi connectivity index (χ1) is 5.13.